The van der Waals surface area contributed by atoms with Gasteiger partial charge in [0.2, 0.25) is 11.8 Å². The van der Waals surface area contributed by atoms with Gasteiger partial charge in [0.25, 0.3) is 0 Å². The molecule has 0 radical (unpaired) electrons. The van der Waals surface area contributed by atoms with Crippen molar-refractivity contribution in [2.24, 2.45) is 5.92 Å². The minimum absolute atomic E-state index is 0.0829. The number of nitrogens with one attached hydrogen (secondary N) is 1. The van der Waals surface area contributed by atoms with Crippen molar-refractivity contribution in [3.05, 3.63) is 48.5 Å². The van der Waals surface area contributed by atoms with Crippen LogP contribution in [0.25, 0.3) is 0 Å². The number of carbonyl (C=O) groups is 2. The molecular formula is C19H20N2O4. The summed E-state index contributed by atoms with van der Waals surface area (Å²) >= 11 is 0. The minimum Gasteiger partial charge on any atom is -0.493 e. The molecule has 0 spiro atoms. The van der Waals surface area contributed by atoms with E-state index in [-0.39, 0.29) is 24.2 Å². The van der Waals surface area contributed by atoms with Crippen LogP contribution >= 0.6 is 0 Å². The van der Waals surface area contributed by atoms with Crippen molar-refractivity contribution in [2.45, 2.75) is 6.42 Å². The van der Waals surface area contributed by atoms with Crippen molar-refractivity contribution >= 4 is 23.2 Å². The Balaban J connectivity index is 1.73. The van der Waals surface area contributed by atoms with E-state index in [0.717, 1.165) is 5.69 Å². The van der Waals surface area contributed by atoms with Gasteiger partial charge in [-0.05, 0) is 24.3 Å². The summed E-state index contributed by atoms with van der Waals surface area (Å²) in [6.07, 6.45) is 0.188. The molecule has 2 amide bonds. The van der Waals surface area contributed by atoms with Gasteiger partial charge in [-0.25, -0.2) is 0 Å². The SMILES string of the molecule is COc1ccc(N2CC(C(=O)Nc3ccccc3)CC2=O)cc1OC. The molecule has 6 nitrogen and oxygen atoms in total. The molecule has 2 aromatic rings. The zero-order valence-electron chi connectivity index (χ0n) is 14.2. The van der Waals surface area contributed by atoms with Crippen LogP contribution in [0.2, 0.25) is 0 Å². The molecule has 1 unspecified atom stereocenters. The lowest BCUT2D eigenvalue weighted by Crippen LogP contribution is -2.28. The number of methoxy groups -OCH3 is 2. The highest BCUT2D eigenvalue weighted by atomic mass is 16.5. The second-order valence-electron chi connectivity index (χ2n) is 5.80. The highest BCUT2D eigenvalue weighted by molar-refractivity contribution is 6.03. The predicted octanol–water partition coefficient (Wildman–Crippen LogP) is 2.70. The fourth-order valence-electron chi connectivity index (χ4n) is 2.89. The molecule has 0 aromatic heterocycles. The minimum atomic E-state index is -0.388. The quantitative estimate of drug-likeness (QED) is 0.909. The van der Waals surface area contributed by atoms with E-state index in [1.807, 2.05) is 30.3 Å². The van der Waals surface area contributed by atoms with Crippen molar-refractivity contribution < 1.29 is 19.1 Å². The first kappa shape index (κ1) is 16.8. The van der Waals surface area contributed by atoms with Gasteiger partial charge in [-0.3, -0.25) is 9.59 Å². The first-order valence-corrected chi connectivity index (χ1v) is 8.00. The Hall–Kier alpha value is -3.02. The van der Waals surface area contributed by atoms with Crippen molar-refractivity contribution in [3.63, 3.8) is 0 Å². The Morgan fingerprint density at radius 1 is 1.08 bits per heavy atom. The van der Waals surface area contributed by atoms with E-state index in [1.54, 1.807) is 37.3 Å². The lowest BCUT2D eigenvalue weighted by molar-refractivity contribution is -0.122. The Labute approximate surface area is 146 Å². The number of ether oxygens (including phenoxy) is 2. The topological polar surface area (TPSA) is 67.9 Å². The number of hydrogen-bond acceptors (Lipinski definition) is 4. The first-order chi connectivity index (χ1) is 12.1. The number of benzene rings is 2. The fourth-order valence-corrected chi connectivity index (χ4v) is 2.89. The summed E-state index contributed by atoms with van der Waals surface area (Å²) in [7, 11) is 3.10. The Morgan fingerprint density at radius 2 is 1.80 bits per heavy atom. The molecule has 0 bridgehead atoms. The summed E-state index contributed by atoms with van der Waals surface area (Å²) in [5, 5.41) is 2.85. The average Bonchev–Trinajstić information content (AvgIpc) is 3.04. The van der Waals surface area contributed by atoms with E-state index in [4.69, 9.17) is 9.47 Å². The van der Waals surface area contributed by atoms with Gasteiger partial charge in [0.1, 0.15) is 0 Å². The fraction of sp³-hybridized carbons (Fsp3) is 0.263. The number of amides is 2. The standard InChI is InChI=1S/C19H20N2O4/c1-24-16-9-8-15(11-17(16)25-2)21-12-13(10-18(21)22)19(23)20-14-6-4-3-5-7-14/h3-9,11,13H,10,12H2,1-2H3,(H,20,23). The number of nitrogens with zero attached hydrogens (tertiary/aromatic N) is 1. The molecule has 0 aliphatic carbocycles. The summed E-state index contributed by atoms with van der Waals surface area (Å²) in [5.41, 5.74) is 1.42. The average molecular weight is 340 g/mol. The molecule has 0 saturated carbocycles. The zero-order chi connectivity index (χ0) is 17.8. The van der Waals surface area contributed by atoms with Crippen LogP contribution in [0.3, 0.4) is 0 Å². The number of para-hydroxylation sites is 1. The van der Waals surface area contributed by atoms with Crippen LogP contribution in [0.15, 0.2) is 48.5 Å². The van der Waals surface area contributed by atoms with Gasteiger partial charge in [-0.2, -0.15) is 0 Å². The normalized spacial score (nSPS) is 16.6. The molecule has 130 valence electrons. The number of carbonyl (C=O) groups excluding carboxylic acids is 2. The van der Waals surface area contributed by atoms with Crippen LogP contribution in [-0.2, 0) is 9.59 Å². The molecule has 6 heteroatoms. The van der Waals surface area contributed by atoms with Gasteiger partial charge in [0.15, 0.2) is 11.5 Å². The van der Waals surface area contributed by atoms with Crippen LogP contribution in [-0.4, -0.2) is 32.6 Å². The van der Waals surface area contributed by atoms with Crippen molar-refractivity contribution in [3.8, 4) is 11.5 Å². The molecule has 1 N–H and O–H groups in total. The van der Waals surface area contributed by atoms with E-state index in [9.17, 15) is 9.59 Å². The summed E-state index contributed by atoms with van der Waals surface area (Å²) < 4.78 is 10.5. The lowest BCUT2D eigenvalue weighted by atomic mass is 10.1. The monoisotopic (exact) mass is 340 g/mol. The molecule has 3 rings (SSSR count). The van der Waals surface area contributed by atoms with Crippen molar-refractivity contribution in [1.29, 1.82) is 0 Å². The predicted molar refractivity (Wildman–Crippen MR) is 95.1 cm³/mol. The first-order valence-electron chi connectivity index (χ1n) is 8.00. The third kappa shape index (κ3) is 3.57. The Bertz CT molecular complexity index is 776. The van der Waals surface area contributed by atoms with Gasteiger partial charge in [-0.1, -0.05) is 18.2 Å². The van der Waals surface area contributed by atoms with Gasteiger partial charge < -0.3 is 19.7 Å². The maximum Gasteiger partial charge on any atom is 0.229 e. The zero-order valence-corrected chi connectivity index (χ0v) is 14.2. The van der Waals surface area contributed by atoms with Crippen molar-refractivity contribution in [2.75, 3.05) is 31.0 Å². The third-order valence-corrected chi connectivity index (χ3v) is 4.22. The van der Waals surface area contributed by atoms with Gasteiger partial charge in [0, 0.05) is 30.4 Å². The summed E-state index contributed by atoms with van der Waals surface area (Å²) in [5.74, 6) is 0.519. The smallest absolute Gasteiger partial charge is 0.229 e. The molecule has 1 heterocycles. The molecule has 25 heavy (non-hydrogen) atoms. The van der Waals surface area contributed by atoms with Gasteiger partial charge in [0.05, 0.1) is 20.1 Å². The summed E-state index contributed by atoms with van der Waals surface area (Å²) in [4.78, 5) is 26.4. The maximum atomic E-state index is 12.4. The van der Waals surface area contributed by atoms with Crippen LogP contribution < -0.4 is 19.7 Å². The molecule has 1 atom stereocenters. The van der Waals surface area contributed by atoms with Gasteiger partial charge in [-0.15, -0.1) is 0 Å². The second-order valence-corrected chi connectivity index (χ2v) is 5.80. The van der Waals surface area contributed by atoms with Crippen LogP contribution in [0.1, 0.15) is 6.42 Å². The number of hydrogen-bond donors (Lipinski definition) is 1. The molecule has 1 aliphatic rings. The van der Waals surface area contributed by atoms with E-state index in [2.05, 4.69) is 5.32 Å². The Morgan fingerprint density at radius 3 is 2.48 bits per heavy atom. The molecule has 1 aliphatic heterocycles. The number of rotatable bonds is 5. The lowest BCUT2D eigenvalue weighted by Gasteiger charge is -2.18. The van der Waals surface area contributed by atoms with Crippen molar-refractivity contribution in [1.82, 2.24) is 0 Å². The van der Waals surface area contributed by atoms with E-state index >= 15 is 0 Å². The summed E-state index contributed by atoms with van der Waals surface area (Å²) in [6.45, 7) is 0.340. The van der Waals surface area contributed by atoms with Crippen LogP contribution in [0.4, 0.5) is 11.4 Å². The number of anilines is 2. The maximum absolute atomic E-state index is 12.4. The van der Waals surface area contributed by atoms with Crippen LogP contribution in [0.5, 0.6) is 11.5 Å². The molecule has 1 saturated heterocycles. The van der Waals surface area contributed by atoms with Crippen LogP contribution in [0, 0.1) is 5.92 Å². The van der Waals surface area contributed by atoms with E-state index < -0.39 is 0 Å². The molecule has 2 aromatic carbocycles. The third-order valence-electron chi connectivity index (χ3n) is 4.22. The second kappa shape index (κ2) is 7.25. The highest BCUT2D eigenvalue weighted by Crippen LogP contribution is 2.34. The van der Waals surface area contributed by atoms with E-state index in [1.165, 1.54) is 0 Å². The van der Waals surface area contributed by atoms with Gasteiger partial charge >= 0.3 is 0 Å². The largest absolute Gasteiger partial charge is 0.493 e. The molecule has 1 fully saturated rings. The summed E-state index contributed by atoms with van der Waals surface area (Å²) in [6, 6.07) is 14.5. The highest BCUT2D eigenvalue weighted by Gasteiger charge is 2.35. The molecular weight excluding hydrogens is 320 g/mol. The van der Waals surface area contributed by atoms with E-state index in [0.29, 0.717) is 23.7 Å². The Kier molecular flexibility index (Phi) is 4.88.